The van der Waals surface area contributed by atoms with E-state index in [0.29, 0.717) is 17.4 Å². The molecule has 0 aliphatic heterocycles. The molecule has 0 saturated carbocycles. The maximum absolute atomic E-state index is 13.3. The largest absolute Gasteiger partial charge is 0.299 e. The van der Waals surface area contributed by atoms with Crippen LogP contribution >= 0.6 is 15.9 Å². The van der Waals surface area contributed by atoms with E-state index >= 15 is 0 Å². The second-order valence-corrected chi connectivity index (χ2v) is 5.54. The molecule has 0 aromatic heterocycles. The van der Waals surface area contributed by atoms with Crippen molar-refractivity contribution in [2.24, 2.45) is 0 Å². The molecule has 0 radical (unpaired) electrons. The van der Waals surface area contributed by atoms with E-state index in [4.69, 9.17) is 0 Å². The van der Waals surface area contributed by atoms with Crippen molar-refractivity contribution in [1.29, 1.82) is 0 Å². The van der Waals surface area contributed by atoms with E-state index in [1.807, 2.05) is 6.92 Å². The number of nitrogens with one attached hydrogen (secondary N) is 2. The molecule has 0 spiro atoms. The van der Waals surface area contributed by atoms with Crippen molar-refractivity contribution in [3.05, 3.63) is 28.5 Å². The van der Waals surface area contributed by atoms with Crippen molar-refractivity contribution in [1.82, 2.24) is 4.72 Å². The van der Waals surface area contributed by atoms with Gasteiger partial charge in [-0.3, -0.25) is 4.72 Å². The van der Waals surface area contributed by atoms with Crippen LogP contribution in [0.1, 0.15) is 13.3 Å². The highest BCUT2D eigenvalue weighted by Gasteiger charge is 2.11. The van der Waals surface area contributed by atoms with Crippen LogP contribution in [-0.2, 0) is 10.2 Å². The minimum atomic E-state index is -3.69. The molecule has 0 aliphatic carbocycles. The van der Waals surface area contributed by atoms with Gasteiger partial charge < -0.3 is 0 Å². The van der Waals surface area contributed by atoms with Crippen LogP contribution < -0.4 is 9.44 Å². The van der Waals surface area contributed by atoms with Crippen LogP contribution in [0.3, 0.4) is 0 Å². The Morgan fingerprint density at radius 2 is 2.12 bits per heavy atom. The third-order valence-corrected chi connectivity index (χ3v) is 3.28. The Kier molecular flexibility index (Phi) is 4.69. The van der Waals surface area contributed by atoms with Crippen LogP contribution in [0.15, 0.2) is 22.7 Å². The number of rotatable bonds is 5. The quantitative estimate of drug-likeness (QED) is 0.876. The molecule has 0 aliphatic rings. The van der Waals surface area contributed by atoms with E-state index in [9.17, 15) is 12.8 Å². The van der Waals surface area contributed by atoms with Gasteiger partial charge >= 0.3 is 0 Å². The van der Waals surface area contributed by atoms with Gasteiger partial charge in [-0.15, -0.1) is 0 Å². The van der Waals surface area contributed by atoms with Gasteiger partial charge in [0.05, 0.1) is 5.69 Å². The first kappa shape index (κ1) is 13.4. The van der Waals surface area contributed by atoms with Crippen molar-refractivity contribution < 1.29 is 12.8 Å². The Morgan fingerprint density at radius 3 is 2.69 bits per heavy atom. The smallest absolute Gasteiger partial charge is 0.268 e. The third-order valence-electron chi connectivity index (χ3n) is 1.72. The fourth-order valence-corrected chi connectivity index (χ4v) is 2.32. The van der Waals surface area contributed by atoms with E-state index in [1.165, 1.54) is 12.1 Å². The lowest BCUT2D eigenvalue weighted by Crippen LogP contribution is -2.30. The van der Waals surface area contributed by atoms with Gasteiger partial charge in [0.25, 0.3) is 10.2 Å². The monoisotopic (exact) mass is 310 g/mol. The molecule has 90 valence electrons. The van der Waals surface area contributed by atoms with Crippen LogP contribution in [0.25, 0.3) is 0 Å². The van der Waals surface area contributed by atoms with Crippen molar-refractivity contribution in [2.75, 3.05) is 11.3 Å². The van der Waals surface area contributed by atoms with Gasteiger partial charge in [0, 0.05) is 11.0 Å². The Morgan fingerprint density at radius 1 is 1.44 bits per heavy atom. The van der Waals surface area contributed by atoms with Gasteiger partial charge in [0.2, 0.25) is 0 Å². The van der Waals surface area contributed by atoms with Gasteiger partial charge in [-0.25, -0.2) is 4.39 Å². The lowest BCUT2D eigenvalue weighted by atomic mass is 10.3. The zero-order valence-corrected chi connectivity index (χ0v) is 11.0. The summed E-state index contributed by atoms with van der Waals surface area (Å²) in [5.41, 5.74) is -0.0770. The normalized spacial score (nSPS) is 11.4. The average Bonchev–Trinajstić information content (AvgIpc) is 2.19. The summed E-state index contributed by atoms with van der Waals surface area (Å²) >= 11 is 3.09. The molecular weight excluding hydrogens is 299 g/mol. The zero-order chi connectivity index (χ0) is 12.2. The maximum atomic E-state index is 13.3. The van der Waals surface area contributed by atoms with Gasteiger partial charge in [0.15, 0.2) is 0 Å². The molecule has 0 fully saturated rings. The van der Waals surface area contributed by atoms with Crippen LogP contribution in [-0.4, -0.2) is 15.0 Å². The standard InChI is InChI=1S/C9H12BrFN2O2S/c1-2-5-12-16(14,15)13-9-4-3-7(10)6-8(9)11/h3-4,6,12-13H,2,5H2,1H3. The Balaban J connectivity index is 2.80. The molecule has 4 nitrogen and oxygen atoms in total. The van der Waals surface area contributed by atoms with Crippen molar-refractivity contribution in [3.63, 3.8) is 0 Å². The Labute approximate surface area is 103 Å². The summed E-state index contributed by atoms with van der Waals surface area (Å²) < 4.78 is 41.1. The predicted molar refractivity (Wildman–Crippen MR) is 64.9 cm³/mol. The summed E-state index contributed by atoms with van der Waals surface area (Å²) in [5, 5.41) is 0. The van der Waals surface area contributed by atoms with Gasteiger partial charge in [-0.2, -0.15) is 13.1 Å². The first-order valence-electron chi connectivity index (χ1n) is 4.67. The molecule has 0 bridgehead atoms. The molecule has 0 saturated heterocycles. The Bertz CT molecular complexity index is 465. The summed E-state index contributed by atoms with van der Waals surface area (Å²) in [6.07, 6.45) is 0.670. The number of anilines is 1. The highest BCUT2D eigenvalue weighted by molar-refractivity contribution is 9.10. The third kappa shape index (κ3) is 4.07. The molecule has 16 heavy (non-hydrogen) atoms. The Hall–Kier alpha value is -0.660. The molecule has 1 aromatic carbocycles. The molecular formula is C9H12BrFN2O2S. The van der Waals surface area contributed by atoms with Crippen LogP contribution in [0.5, 0.6) is 0 Å². The van der Waals surface area contributed by atoms with Gasteiger partial charge in [0.1, 0.15) is 5.82 Å². The van der Waals surface area contributed by atoms with Crippen LogP contribution in [0.4, 0.5) is 10.1 Å². The minimum Gasteiger partial charge on any atom is -0.268 e. The van der Waals surface area contributed by atoms with Crippen molar-refractivity contribution in [3.8, 4) is 0 Å². The summed E-state index contributed by atoms with van der Waals surface area (Å²) in [5.74, 6) is -0.628. The van der Waals surface area contributed by atoms with E-state index in [1.54, 1.807) is 6.07 Å². The van der Waals surface area contributed by atoms with E-state index in [2.05, 4.69) is 25.4 Å². The van der Waals surface area contributed by atoms with Gasteiger partial charge in [-0.05, 0) is 24.6 Å². The summed E-state index contributed by atoms with van der Waals surface area (Å²) in [6, 6.07) is 4.10. The maximum Gasteiger partial charge on any atom is 0.299 e. The lowest BCUT2D eigenvalue weighted by Gasteiger charge is -2.09. The number of hydrogen-bond acceptors (Lipinski definition) is 2. The summed E-state index contributed by atoms with van der Waals surface area (Å²) in [6.45, 7) is 2.15. The molecule has 0 atom stereocenters. The summed E-state index contributed by atoms with van der Waals surface area (Å²) in [4.78, 5) is 0. The first-order valence-corrected chi connectivity index (χ1v) is 6.94. The van der Waals surface area contributed by atoms with Crippen molar-refractivity contribution in [2.45, 2.75) is 13.3 Å². The molecule has 0 heterocycles. The van der Waals surface area contributed by atoms with Crippen LogP contribution in [0.2, 0.25) is 0 Å². The molecule has 7 heteroatoms. The fourth-order valence-electron chi connectivity index (χ4n) is 0.990. The number of halogens is 2. The van der Waals surface area contributed by atoms with Crippen molar-refractivity contribution >= 4 is 31.8 Å². The number of benzene rings is 1. The fraction of sp³-hybridized carbons (Fsp3) is 0.333. The molecule has 2 N–H and O–H groups in total. The average molecular weight is 311 g/mol. The molecule has 1 rings (SSSR count). The second kappa shape index (κ2) is 5.60. The summed E-state index contributed by atoms with van der Waals surface area (Å²) in [7, 11) is -3.69. The molecule has 1 aromatic rings. The topological polar surface area (TPSA) is 58.2 Å². The van der Waals surface area contributed by atoms with E-state index in [-0.39, 0.29) is 5.69 Å². The van der Waals surface area contributed by atoms with Crippen LogP contribution in [0, 0.1) is 5.82 Å². The lowest BCUT2D eigenvalue weighted by molar-refractivity contribution is 0.584. The SMILES string of the molecule is CCCNS(=O)(=O)Nc1ccc(Br)cc1F. The highest BCUT2D eigenvalue weighted by Crippen LogP contribution is 2.19. The first-order chi connectivity index (χ1) is 7.44. The molecule has 0 unspecified atom stereocenters. The van der Waals surface area contributed by atoms with E-state index in [0.717, 1.165) is 0 Å². The number of hydrogen-bond donors (Lipinski definition) is 2. The predicted octanol–water partition coefficient (Wildman–Crippen LogP) is 2.24. The second-order valence-electron chi connectivity index (χ2n) is 3.12. The highest BCUT2D eigenvalue weighted by atomic mass is 79.9. The van der Waals surface area contributed by atoms with Gasteiger partial charge in [-0.1, -0.05) is 22.9 Å². The molecule has 0 amide bonds. The zero-order valence-electron chi connectivity index (χ0n) is 8.63. The minimum absolute atomic E-state index is 0.0770. The van der Waals surface area contributed by atoms with E-state index < -0.39 is 16.0 Å².